The second-order valence-corrected chi connectivity index (χ2v) is 6.64. The number of likely N-dealkylation sites (N-methyl/N-ethyl adjacent to an activating group) is 1. The summed E-state index contributed by atoms with van der Waals surface area (Å²) in [6, 6.07) is 0.490. The third kappa shape index (κ3) is 2.91. The monoisotopic (exact) mass is 340 g/mol. The van der Waals surface area contributed by atoms with Crippen LogP contribution in [0.1, 0.15) is 25.7 Å². The molecule has 6 heteroatoms. The summed E-state index contributed by atoms with van der Waals surface area (Å²) in [5.74, 6) is 0.654. The minimum Gasteiger partial charge on any atom is -0.368 e. The largest absolute Gasteiger partial charge is 0.368 e. The molecule has 1 aromatic rings. The van der Waals surface area contributed by atoms with E-state index in [1.807, 2.05) is 13.2 Å². The Balaban J connectivity index is 1.82. The van der Waals surface area contributed by atoms with Gasteiger partial charge in [0.25, 0.3) is 5.56 Å². The van der Waals surface area contributed by atoms with E-state index in [1.54, 1.807) is 4.68 Å². The molecule has 1 atom stereocenters. The average Bonchev–Trinajstić information content (AvgIpc) is 3.28. The zero-order chi connectivity index (χ0) is 14.1. The molecule has 1 N–H and O–H groups in total. The van der Waals surface area contributed by atoms with Gasteiger partial charge in [-0.25, -0.2) is 4.68 Å². The van der Waals surface area contributed by atoms with Crippen LogP contribution in [0.5, 0.6) is 0 Å². The normalized spacial score (nSPS) is 23.1. The van der Waals surface area contributed by atoms with Crippen molar-refractivity contribution in [3.63, 3.8) is 0 Å². The molecule has 1 aliphatic heterocycles. The van der Waals surface area contributed by atoms with E-state index in [-0.39, 0.29) is 5.56 Å². The van der Waals surface area contributed by atoms with Gasteiger partial charge in [-0.2, -0.15) is 5.10 Å². The van der Waals surface area contributed by atoms with Crippen LogP contribution in [0.25, 0.3) is 0 Å². The number of rotatable bonds is 4. The maximum absolute atomic E-state index is 12.4. The van der Waals surface area contributed by atoms with Crippen molar-refractivity contribution in [2.24, 2.45) is 5.92 Å². The molecular weight excluding hydrogens is 320 g/mol. The first-order chi connectivity index (χ1) is 9.69. The Labute approximate surface area is 127 Å². The van der Waals surface area contributed by atoms with Crippen LogP contribution in [0, 0.1) is 5.92 Å². The molecule has 0 bridgehead atoms. The number of aromatic nitrogens is 2. The first-order valence-electron chi connectivity index (χ1n) is 7.37. The van der Waals surface area contributed by atoms with Crippen molar-refractivity contribution in [1.82, 2.24) is 15.1 Å². The molecule has 2 heterocycles. The average molecular weight is 341 g/mol. The summed E-state index contributed by atoms with van der Waals surface area (Å²) in [6.45, 7) is 2.68. The standard InChI is InChI=1S/C14H21BrN4O/c1-16-11-3-2-6-18(9-11)12-7-17-19(8-10-4-5-10)14(20)13(12)15/h7,10-11,16H,2-6,8-9H2,1H3. The molecule has 2 fully saturated rings. The van der Waals surface area contributed by atoms with Crippen molar-refractivity contribution >= 4 is 21.6 Å². The number of hydrogen-bond donors (Lipinski definition) is 1. The topological polar surface area (TPSA) is 50.2 Å². The van der Waals surface area contributed by atoms with Gasteiger partial charge in [-0.05, 0) is 54.6 Å². The Morgan fingerprint density at radius 2 is 2.25 bits per heavy atom. The van der Waals surface area contributed by atoms with E-state index >= 15 is 0 Å². The van der Waals surface area contributed by atoms with E-state index in [1.165, 1.54) is 19.3 Å². The minimum atomic E-state index is 0.000908. The zero-order valence-electron chi connectivity index (χ0n) is 11.8. The van der Waals surface area contributed by atoms with Gasteiger partial charge in [-0.1, -0.05) is 0 Å². The van der Waals surface area contributed by atoms with Gasteiger partial charge in [0.1, 0.15) is 4.47 Å². The van der Waals surface area contributed by atoms with Gasteiger partial charge in [0.2, 0.25) is 0 Å². The highest BCUT2D eigenvalue weighted by Gasteiger charge is 2.25. The first-order valence-corrected chi connectivity index (χ1v) is 8.16. The quantitative estimate of drug-likeness (QED) is 0.904. The van der Waals surface area contributed by atoms with Gasteiger partial charge >= 0.3 is 0 Å². The van der Waals surface area contributed by atoms with Crippen LogP contribution in [0.3, 0.4) is 0 Å². The van der Waals surface area contributed by atoms with Crippen molar-refractivity contribution in [3.05, 3.63) is 21.0 Å². The number of hydrogen-bond acceptors (Lipinski definition) is 4. The highest BCUT2D eigenvalue weighted by molar-refractivity contribution is 9.10. The molecule has 2 aliphatic rings. The SMILES string of the molecule is CNC1CCCN(c2cnn(CC3CC3)c(=O)c2Br)C1. The summed E-state index contributed by atoms with van der Waals surface area (Å²) in [5.41, 5.74) is 0.933. The Kier molecular flexibility index (Phi) is 4.12. The van der Waals surface area contributed by atoms with Crippen molar-refractivity contribution < 1.29 is 0 Å². The van der Waals surface area contributed by atoms with E-state index in [2.05, 4.69) is 31.2 Å². The van der Waals surface area contributed by atoms with Crippen LogP contribution in [0.2, 0.25) is 0 Å². The zero-order valence-corrected chi connectivity index (χ0v) is 13.4. The molecule has 110 valence electrons. The smallest absolute Gasteiger partial charge is 0.283 e. The molecule has 5 nitrogen and oxygen atoms in total. The molecule has 1 aromatic heterocycles. The number of nitrogens with zero attached hydrogens (tertiary/aromatic N) is 3. The molecule has 0 spiro atoms. The van der Waals surface area contributed by atoms with Gasteiger partial charge in [-0.15, -0.1) is 0 Å². The lowest BCUT2D eigenvalue weighted by molar-refractivity contribution is 0.447. The van der Waals surface area contributed by atoms with E-state index in [0.29, 0.717) is 16.4 Å². The van der Waals surface area contributed by atoms with Crippen LogP contribution < -0.4 is 15.8 Å². The molecule has 1 unspecified atom stereocenters. The predicted octanol–water partition coefficient (Wildman–Crippen LogP) is 1.60. The Bertz CT molecular complexity index is 540. The van der Waals surface area contributed by atoms with Crippen molar-refractivity contribution in [2.75, 3.05) is 25.0 Å². The highest BCUT2D eigenvalue weighted by Crippen LogP contribution is 2.30. The summed E-state index contributed by atoms with van der Waals surface area (Å²) in [5, 5.41) is 7.68. The van der Waals surface area contributed by atoms with Crippen molar-refractivity contribution in [2.45, 2.75) is 38.3 Å². The summed E-state index contributed by atoms with van der Waals surface area (Å²) in [4.78, 5) is 14.6. The van der Waals surface area contributed by atoms with E-state index in [0.717, 1.165) is 31.7 Å². The Morgan fingerprint density at radius 1 is 1.45 bits per heavy atom. The second-order valence-electron chi connectivity index (χ2n) is 5.85. The van der Waals surface area contributed by atoms with Crippen LogP contribution in [-0.4, -0.2) is 36.0 Å². The van der Waals surface area contributed by atoms with Gasteiger partial charge in [-0.3, -0.25) is 4.79 Å². The van der Waals surface area contributed by atoms with Crippen molar-refractivity contribution in [1.29, 1.82) is 0 Å². The molecule has 0 radical (unpaired) electrons. The molecule has 0 amide bonds. The third-order valence-electron chi connectivity index (χ3n) is 4.26. The Hall–Kier alpha value is -0.880. The molecule has 3 rings (SSSR count). The lowest BCUT2D eigenvalue weighted by atomic mass is 10.1. The lowest BCUT2D eigenvalue weighted by Crippen LogP contribution is -2.45. The first kappa shape index (κ1) is 14.1. The fraction of sp³-hybridized carbons (Fsp3) is 0.714. The van der Waals surface area contributed by atoms with Gasteiger partial charge in [0.15, 0.2) is 0 Å². The second kappa shape index (κ2) is 5.85. The minimum absolute atomic E-state index is 0.000908. The summed E-state index contributed by atoms with van der Waals surface area (Å²) >= 11 is 3.48. The number of halogens is 1. The van der Waals surface area contributed by atoms with Gasteiger partial charge < -0.3 is 10.2 Å². The maximum atomic E-state index is 12.4. The van der Waals surface area contributed by atoms with Crippen LogP contribution >= 0.6 is 15.9 Å². The summed E-state index contributed by atoms with van der Waals surface area (Å²) < 4.78 is 2.26. The van der Waals surface area contributed by atoms with Gasteiger partial charge in [0, 0.05) is 25.7 Å². The van der Waals surface area contributed by atoms with Crippen LogP contribution in [-0.2, 0) is 6.54 Å². The van der Waals surface area contributed by atoms with E-state index < -0.39 is 0 Å². The molecule has 1 aliphatic carbocycles. The van der Waals surface area contributed by atoms with E-state index in [9.17, 15) is 4.79 Å². The molecule has 0 aromatic carbocycles. The maximum Gasteiger partial charge on any atom is 0.283 e. The summed E-state index contributed by atoms with van der Waals surface area (Å²) in [7, 11) is 2.00. The fourth-order valence-electron chi connectivity index (χ4n) is 2.78. The Morgan fingerprint density at radius 3 is 2.95 bits per heavy atom. The molecule has 1 saturated carbocycles. The van der Waals surface area contributed by atoms with Crippen molar-refractivity contribution in [3.8, 4) is 0 Å². The third-order valence-corrected chi connectivity index (χ3v) is 5.01. The van der Waals surface area contributed by atoms with Gasteiger partial charge in [0.05, 0.1) is 11.9 Å². The number of nitrogens with one attached hydrogen (secondary N) is 1. The highest BCUT2D eigenvalue weighted by atomic mass is 79.9. The van der Waals surface area contributed by atoms with Crippen LogP contribution in [0.4, 0.5) is 5.69 Å². The molecular formula is C14H21BrN4O. The number of anilines is 1. The van der Waals surface area contributed by atoms with E-state index in [4.69, 9.17) is 0 Å². The lowest BCUT2D eigenvalue weighted by Gasteiger charge is -2.34. The number of piperidine rings is 1. The molecule has 1 saturated heterocycles. The van der Waals surface area contributed by atoms with Crippen LogP contribution in [0.15, 0.2) is 15.5 Å². The molecule has 20 heavy (non-hydrogen) atoms. The predicted molar refractivity (Wildman–Crippen MR) is 83.2 cm³/mol. The summed E-state index contributed by atoms with van der Waals surface area (Å²) in [6.07, 6.45) is 6.62. The fourth-order valence-corrected chi connectivity index (χ4v) is 3.34.